The van der Waals surface area contributed by atoms with Gasteiger partial charge in [-0.15, -0.1) is 0 Å². The van der Waals surface area contributed by atoms with Crippen molar-refractivity contribution in [3.05, 3.63) is 23.8 Å². The summed E-state index contributed by atoms with van der Waals surface area (Å²) in [7, 11) is -3.15. The highest BCUT2D eigenvalue weighted by atomic mass is 32.2. The Balaban J connectivity index is 1.61. The van der Waals surface area contributed by atoms with E-state index in [1.165, 1.54) is 0 Å². The minimum absolute atomic E-state index is 0.0442. The van der Waals surface area contributed by atoms with Crippen LogP contribution in [0.2, 0.25) is 0 Å². The molecule has 1 fully saturated rings. The highest BCUT2D eigenvalue weighted by Gasteiger charge is 2.26. The molecule has 114 valence electrons. The molecule has 1 saturated heterocycles. The summed E-state index contributed by atoms with van der Waals surface area (Å²) in [6.45, 7) is 2.03. The molecule has 21 heavy (non-hydrogen) atoms. The zero-order valence-corrected chi connectivity index (χ0v) is 12.7. The molecule has 2 aliphatic rings. The largest absolute Gasteiger partial charge is 0.326 e. The molecule has 0 aromatic heterocycles. The van der Waals surface area contributed by atoms with E-state index in [-0.39, 0.29) is 11.7 Å². The Labute approximate surface area is 125 Å². The van der Waals surface area contributed by atoms with Crippen molar-refractivity contribution in [2.24, 2.45) is 5.92 Å². The molecule has 0 aliphatic carbocycles. The van der Waals surface area contributed by atoms with Crippen molar-refractivity contribution in [2.75, 3.05) is 24.2 Å². The average molecular weight is 308 g/mol. The first-order valence-electron chi connectivity index (χ1n) is 7.41. The summed E-state index contributed by atoms with van der Waals surface area (Å²) >= 11 is 0. The molecule has 0 saturated carbocycles. The van der Waals surface area contributed by atoms with Gasteiger partial charge in [0.15, 0.2) is 9.84 Å². The molecule has 0 radical (unpaired) electrons. The molecule has 1 amide bonds. The summed E-state index contributed by atoms with van der Waals surface area (Å²) in [6, 6.07) is 5.18. The van der Waals surface area contributed by atoms with E-state index in [0.717, 1.165) is 31.5 Å². The van der Waals surface area contributed by atoms with Gasteiger partial charge in [-0.1, -0.05) is 6.07 Å². The van der Waals surface area contributed by atoms with Gasteiger partial charge >= 0.3 is 0 Å². The Morgan fingerprint density at radius 1 is 1.38 bits per heavy atom. The van der Waals surface area contributed by atoms with Crippen LogP contribution in [0, 0.1) is 5.92 Å². The normalized spacial score (nSPS) is 23.0. The Hall–Kier alpha value is -1.40. The molecule has 0 bridgehead atoms. The van der Waals surface area contributed by atoms with Crippen molar-refractivity contribution in [3.8, 4) is 0 Å². The summed E-state index contributed by atoms with van der Waals surface area (Å²) in [5, 5.41) is 6.09. The van der Waals surface area contributed by atoms with E-state index in [1.54, 1.807) is 18.2 Å². The molecule has 2 N–H and O–H groups in total. The van der Waals surface area contributed by atoms with Crippen LogP contribution in [0.25, 0.3) is 0 Å². The second kappa shape index (κ2) is 5.77. The second-order valence-corrected chi connectivity index (χ2v) is 7.91. The van der Waals surface area contributed by atoms with Gasteiger partial charge in [-0.3, -0.25) is 4.79 Å². The summed E-state index contributed by atoms with van der Waals surface area (Å²) in [5.74, 6) is 0.711. The van der Waals surface area contributed by atoms with E-state index in [4.69, 9.17) is 0 Å². The van der Waals surface area contributed by atoms with Crippen LogP contribution in [0.5, 0.6) is 0 Å². The predicted octanol–water partition coefficient (Wildman–Crippen LogP) is 1.34. The molecule has 1 aromatic carbocycles. The SMILES string of the molecule is O=C(CCC1CCNC1)Nc1ccc2c(c1)S(=O)(=O)CC2. The van der Waals surface area contributed by atoms with Crippen LogP contribution in [0.1, 0.15) is 24.8 Å². The number of amides is 1. The first kappa shape index (κ1) is 14.5. The summed E-state index contributed by atoms with van der Waals surface area (Å²) in [5.41, 5.74) is 1.43. The van der Waals surface area contributed by atoms with E-state index in [1.807, 2.05) is 0 Å². The van der Waals surface area contributed by atoms with E-state index in [2.05, 4.69) is 10.6 Å². The van der Waals surface area contributed by atoms with Crippen LogP contribution >= 0.6 is 0 Å². The number of hydrogen-bond acceptors (Lipinski definition) is 4. The Kier molecular flexibility index (Phi) is 3.99. The van der Waals surface area contributed by atoms with Crippen molar-refractivity contribution < 1.29 is 13.2 Å². The molecule has 1 aromatic rings. The molecule has 2 heterocycles. The Morgan fingerprint density at radius 2 is 2.24 bits per heavy atom. The lowest BCUT2D eigenvalue weighted by atomic mass is 10.0. The third kappa shape index (κ3) is 3.27. The van der Waals surface area contributed by atoms with Gasteiger partial charge in [-0.05, 0) is 56.0 Å². The fourth-order valence-corrected chi connectivity index (χ4v) is 4.59. The van der Waals surface area contributed by atoms with Gasteiger partial charge in [0.2, 0.25) is 5.91 Å². The number of sulfone groups is 1. The number of nitrogens with one attached hydrogen (secondary N) is 2. The Morgan fingerprint density at radius 3 is 3.00 bits per heavy atom. The van der Waals surface area contributed by atoms with E-state index in [9.17, 15) is 13.2 Å². The third-order valence-electron chi connectivity index (χ3n) is 4.27. The van der Waals surface area contributed by atoms with Crippen molar-refractivity contribution in [2.45, 2.75) is 30.6 Å². The number of benzene rings is 1. The van der Waals surface area contributed by atoms with Gasteiger partial charge in [0.1, 0.15) is 0 Å². The van der Waals surface area contributed by atoms with Gasteiger partial charge in [-0.25, -0.2) is 8.42 Å². The van der Waals surface area contributed by atoms with E-state index < -0.39 is 9.84 Å². The number of aryl methyl sites for hydroxylation is 1. The second-order valence-electron chi connectivity index (χ2n) is 5.84. The number of fused-ring (bicyclic) bond motifs is 1. The summed E-state index contributed by atoms with van der Waals surface area (Å²) in [4.78, 5) is 12.3. The fraction of sp³-hybridized carbons (Fsp3) is 0.533. The van der Waals surface area contributed by atoms with Crippen LogP contribution in [-0.4, -0.2) is 33.2 Å². The molecular weight excluding hydrogens is 288 g/mol. The van der Waals surface area contributed by atoms with Gasteiger partial charge in [0, 0.05) is 12.1 Å². The van der Waals surface area contributed by atoms with E-state index in [0.29, 0.717) is 29.3 Å². The molecular formula is C15H20N2O3S. The molecule has 0 spiro atoms. The van der Waals surface area contributed by atoms with Crippen molar-refractivity contribution in [1.29, 1.82) is 0 Å². The quantitative estimate of drug-likeness (QED) is 0.880. The lowest BCUT2D eigenvalue weighted by Gasteiger charge is -2.09. The maximum Gasteiger partial charge on any atom is 0.224 e. The van der Waals surface area contributed by atoms with Gasteiger partial charge in [-0.2, -0.15) is 0 Å². The smallest absolute Gasteiger partial charge is 0.224 e. The van der Waals surface area contributed by atoms with Crippen LogP contribution in [0.3, 0.4) is 0 Å². The fourth-order valence-electron chi connectivity index (χ4n) is 3.00. The van der Waals surface area contributed by atoms with E-state index >= 15 is 0 Å². The molecule has 5 nitrogen and oxygen atoms in total. The number of rotatable bonds is 4. The highest BCUT2D eigenvalue weighted by molar-refractivity contribution is 7.91. The van der Waals surface area contributed by atoms with Crippen LogP contribution in [0.15, 0.2) is 23.1 Å². The monoisotopic (exact) mass is 308 g/mol. The zero-order valence-electron chi connectivity index (χ0n) is 11.9. The van der Waals surface area contributed by atoms with Crippen molar-refractivity contribution in [1.82, 2.24) is 5.32 Å². The number of carbonyl (C=O) groups excluding carboxylic acids is 1. The standard InChI is InChI=1S/C15H20N2O3S/c18-15(4-1-11-5-7-16-10-11)17-13-3-2-12-6-8-21(19,20)14(12)9-13/h2-3,9,11,16H,1,4-8,10H2,(H,17,18). The number of carbonyl (C=O) groups is 1. The summed E-state index contributed by atoms with van der Waals surface area (Å²) in [6.07, 6.45) is 3.06. The lowest BCUT2D eigenvalue weighted by molar-refractivity contribution is -0.116. The molecule has 1 atom stereocenters. The topological polar surface area (TPSA) is 75.3 Å². The zero-order chi connectivity index (χ0) is 14.9. The van der Waals surface area contributed by atoms with Crippen LogP contribution in [-0.2, 0) is 21.1 Å². The maximum atomic E-state index is 11.9. The van der Waals surface area contributed by atoms with Gasteiger partial charge in [0.25, 0.3) is 0 Å². The summed E-state index contributed by atoms with van der Waals surface area (Å²) < 4.78 is 23.7. The first-order chi connectivity index (χ1) is 10.0. The van der Waals surface area contributed by atoms with Crippen LogP contribution in [0.4, 0.5) is 5.69 Å². The lowest BCUT2D eigenvalue weighted by Crippen LogP contribution is -2.15. The minimum atomic E-state index is -3.15. The predicted molar refractivity (Wildman–Crippen MR) is 81.0 cm³/mol. The maximum absolute atomic E-state index is 11.9. The number of hydrogen-bond donors (Lipinski definition) is 2. The van der Waals surface area contributed by atoms with Gasteiger partial charge in [0.05, 0.1) is 10.6 Å². The molecule has 2 aliphatic heterocycles. The third-order valence-corrected chi connectivity index (χ3v) is 6.06. The van der Waals surface area contributed by atoms with Crippen LogP contribution < -0.4 is 10.6 Å². The average Bonchev–Trinajstić information content (AvgIpc) is 3.06. The molecule has 1 unspecified atom stereocenters. The first-order valence-corrected chi connectivity index (χ1v) is 9.06. The molecule has 3 rings (SSSR count). The number of anilines is 1. The highest BCUT2D eigenvalue weighted by Crippen LogP contribution is 2.28. The Bertz CT molecular complexity index is 649. The van der Waals surface area contributed by atoms with Crippen molar-refractivity contribution >= 4 is 21.4 Å². The molecule has 6 heteroatoms. The van der Waals surface area contributed by atoms with Gasteiger partial charge < -0.3 is 10.6 Å². The van der Waals surface area contributed by atoms with Crippen molar-refractivity contribution in [3.63, 3.8) is 0 Å². The minimum Gasteiger partial charge on any atom is -0.326 e.